The lowest BCUT2D eigenvalue weighted by molar-refractivity contribution is -0.136. The molecule has 0 spiro atoms. The molecule has 0 amide bonds. The summed E-state index contributed by atoms with van der Waals surface area (Å²) in [7, 11) is 0. The summed E-state index contributed by atoms with van der Waals surface area (Å²) in [4.78, 5) is 25.0. The topological polar surface area (TPSA) is 56.3 Å². The Labute approximate surface area is 87.3 Å². The minimum atomic E-state index is -0.572. The molecule has 0 saturated carbocycles. The predicted octanol–water partition coefficient (Wildman–Crippen LogP) is 0.809. The van der Waals surface area contributed by atoms with Crippen LogP contribution in [0.15, 0.2) is 18.3 Å². The highest BCUT2D eigenvalue weighted by Crippen LogP contribution is 1.96. The van der Waals surface area contributed by atoms with Gasteiger partial charge < -0.3 is 4.74 Å². The molecule has 0 bridgehead atoms. The molecule has 0 saturated heterocycles. The summed E-state index contributed by atoms with van der Waals surface area (Å²) in [5.74, 6) is 4.30. The number of hydrogen-bond acceptors (Lipinski definition) is 4. The molecular weight excluding hydrogens is 194 g/mol. The number of hydrogen-bond donors (Lipinski definition) is 0. The van der Waals surface area contributed by atoms with Crippen LogP contribution in [-0.2, 0) is 9.53 Å². The molecule has 0 atom stereocenters. The molecule has 1 heterocycles. The van der Waals surface area contributed by atoms with Crippen LogP contribution in [0.2, 0.25) is 0 Å². The maximum Gasteiger partial charge on any atom is 0.384 e. The summed E-state index contributed by atoms with van der Waals surface area (Å²) in [5.41, 5.74) is 0.894. The standard InChI is InChI=1S/C11H9NO3/c1-2-15-11(14)6-4-9-3-5-10(8-13)12-7-9/h3,5,7-8H,2H2,1H3. The molecule has 0 aromatic carbocycles. The number of nitrogens with zero attached hydrogens (tertiary/aromatic N) is 1. The summed E-state index contributed by atoms with van der Waals surface area (Å²) in [5, 5.41) is 0. The molecule has 0 N–H and O–H groups in total. The van der Waals surface area contributed by atoms with Crippen molar-refractivity contribution in [2.24, 2.45) is 0 Å². The smallest absolute Gasteiger partial charge is 0.384 e. The lowest BCUT2D eigenvalue weighted by atomic mass is 10.2. The third-order valence-electron chi connectivity index (χ3n) is 1.49. The zero-order valence-electron chi connectivity index (χ0n) is 8.19. The van der Waals surface area contributed by atoms with Crippen LogP contribution >= 0.6 is 0 Å². The predicted molar refractivity (Wildman–Crippen MR) is 53.1 cm³/mol. The third-order valence-corrected chi connectivity index (χ3v) is 1.49. The Bertz CT molecular complexity index is 412. The van der Waals surface area contributed by atoms with Crippen molar-refractivity contribution < 1.29 is 14.3 Å². The average molecular weight is 203 g/mol. The Hall–Kier alpha value is -2.15. The van der Waals surface area contributed by atoms with Gasteiger partial charge in [-0.05, 0) is 19.1 Å². The molecule has 1 rings (SSSR count). The fourth-order valence-corrected chi connectivity index (χ4v) is 0.839. The normalized spacial score (nSPS) is 8.60. The molecule has 0 fully saturated rings. The van der Waals surface area contributed by atoms with Crippen molar-refractivity contribution in [1.29, 1.82) is 0 Å². The van der Waals surface area contributed by atoms with E-state index in [1.54, 1.807) is 13.0 Å². The van der Waals surface area contributed by atoms with Crippen molar-refractivity contribution in [2.75, 3.05) is 6.61 Å². The first-order valence-electron chi connectivity index (χ1n) is 4.36. The van der Waals surface area contributed by atoms with Crippen LogP contribution in [0.3, 0.4) is 0 Å². The van der Waals surface area contributed by atoms with Crippen molar-refractivity contribution >= 4 is 12.3 Å². The molecule has 1 aromatic heterocycles. The molecule has 76 valence electrons. The van der Waals surface area contributed by atoms with Gasteiger partial charge in [0.25, 0.3) is 0 Å². The Morgan fingerprint density at radius 2 is 2.40 bits per heavy atom. The van der Waals surface area contributed by atoms with Crippen molar-refractivity contribution in [1.82, 2.24) is 4.98 Å². The van der Waals surface area contributed by atoms with E-state index < -0.39 is 5.97 Å². The summed E-state index contributed by atoms with van der Waals surface area (Å²) < 4.78 is 4.62. The third kappa shape index (κ3) is 3.61. The second kappa shape index (κ2) is 5.55. The largest absolute Gasteiger partial charge is 0.456 e. The first-order valence-corrected chi connectivity index (χ1v) is 4.36. The Kier molecular flexibility index (Phi) is 4.05. The zero-order valence-corrected chi connectivity index (χ0v) is 8.19. The summed E-state index contributed by atoms with van der Waals surface area (Å²) in [6.45, 7) is 2.01. The molecule has 15 heavy (non-hydrogen) atoms. The second-order valence-corrected chi connectivity index (χ2v) is 2.56. The molecule has 0 unspecified atom stereocenters. The number of aromatic nitrogens is 1. The van der Waals surface area contributed by atoms with Gasteiger partial charge in [-0.1, -0.05) is 5.92 Å². The molecule has 4 heteroatoms. The fraction of sp³-hybridized carbons (Fsp3) is 0.182. The molecule has 0 aliphatic rings. The van der Waals surface area contributed by atoms with Crippen LogP contribution < -0.4 is 0 Å². The number of ether oxygens (including phenoxy) is 1. The average Bonchev–Trinajstić information content (AvgIpc) is 2.27. The van der Waals surface area contributed by atoms with Gasteiger partial charge in [-0.3, -0.25) is 9.78 Å². The fourth-order valence-electron chi connectivity index (χ4n) is 0.839. The van der Waals surface area contributed by atoms with Crippen molar-refractivity contribution in [3.63, 3.8) is 0 Å². The second-order valence-electron chi connectivity index (χ2n) is 2.56. The quantitative estimate of drug-likeness (QED) is 0.405. The zero-order chi connectivity index (χ0) is 11.1. The minimum Gasteiger partial charge on any atom is -0.456 e. The highest BCUT2D eigenvalue weighted by molar-refractivity contribution is 5.89. The molecule has 0 radical (unpaired) electrons. The first-order chi connectivity index (χ1) is 7.26. The first kappa shape index (κ1) is 10.9. The van der Waals surface area contributed by atoms with Crippen LogP contribution in [-0.4, -0.2) is 23.8 Å². The molecular formula is C11H9NO3. The number of rotatable bonds is 2. The van der Waals surface area contributed by atoms with Crippen molar-refractivity contribution in [3.8, 4) is 11.8 Å². The number of pyridine rings is 1. The Balaban J connectivity index is 2.72. The number of carbonyl (C=O) groups is 2. The lowest BCUT2D eigenvalue weighted by Crippen LogP contribution is -1.99. The van der Waals surface area contributed by atoms with Crippen LogP contribution in [0.4, 0.5) is 0 Å². The van der Waals surface area contributed by atoms with E-state index in [4.69, 9.17) is 0 Å². The van der Waals surface area contributed by atoms with Gasteiger partial charge in [-0.2, -0.15) is 0 Å². The van der Waals surface area contributed by atoms with Gasteiger partial charge in [0.1, 0.15) is 5.69 Å². The maximum atomic E-state index is 10.9. The van der Waals surface area contributed by atoms with Crippen LogP contribution in [0.25, 0.3) is 0 Å². The highest BCUT2D eigenvalue weighted by atomic mass is 16.5. The van der Waals surface area contributed by atoms with Gasteiger partial charge in [0.15, 0.2) is 6.29 Å². The van der Waals surface area contributed by atoms with Gasteiger partial charge in [-0.15, -0.1) is 0 Å². The number of carbonyl (C=O) groups excluding carboxylic acids is 2. The molecule has 4 nitrogen and oxygen atoms in total. The maximum absolute atomic E-state index is 10.9. The van der Waals surface area contributed by atoms with E-state index in [1.807, 2.05) is 0 Å². The summed E-state index contributed by atoms with van der Waals surface area (Å²) >= 11 is 0. The Morgan fingerprint density at radius 1 is 1.60 bits per heavy atom. The van der Waals surface area contributed by atoms with E-state index in [-0.39, 0.29) is 0 Å². The molecule has 0 aliphatic carbocycles. The van der Waals surface area contributed by atoms with Gasteiger partial charge in [0.2, 0.25) is 0 Å². The van der Waals surface area contributed by atoms with Crippen LogP contribution in [0, 0.1) is 11.8 Å². The molecule has 1 aromatic rings. The monoisotopic (exact) mass is 203 g/mol. The van der Waals surface area contributed by atoms with Gasteiger partial charge in [0.05, 0.1) is 6.61 Å². The van der Waals surface area contributed by atoms with Crippen molar-refractivity contribution in [3.05, 3.63) is 29.6 Å². The summed E-state index contributed by atoms with van der Waals surface area (Å²) in [6.07, 6.45) is 2.07. The SMILES string of the molecule is CCOC(=O)C#Cc1ccc(C=O)nc1. The minimum absolute atomic E-state index is 0.301. The Morgan fingerprint density at radius 3 is 2.93 bits per heavy atom. The van der Waals surface area contributed by atoms with E-state index in [0.717, 1.165) is 0 Å². The number of aldehydes is 1. The van der Waals surface area contributed by atoms with Gasteiger partial charge in [0, 0.05) is 17.7 Å². The van der Waals surface area contributed by atoms with E-state index >= 15 is 0 Å². The van der Waals surface area contributed by atoms with E-state index in [0.29, 0.717) is 24.2 Å². The van der Waals surface area contributed by atoms with Crippen molar-refractivity contribution in [2.45, 2.75) is 6.92 Å². The molecule has 0 aliphatic heterocycles. The summed E-state index contributed by atoms with van der Waals surface area (Å²) in [6, 6.07) is 3.14. The number of esters is 1. The lowest BCUT2D eigenvalue weighted by Gasteiger charge is -1.92. The van der Waals surface area contributed by atoms with E-state index in [1.165, 1.54) is 12.3 Å². The van der Waals surface area contributed by atoms with Gasteiger partial charge in [-0.25, -0.2) is 4.79 Å². The van der Waals surface area contributed by atoms with E-state index in [9.17, 15) is 9.59 Å². The highest BCUT2D eigenvalue weighted by Gasteiger charge is 1.94. The van der Waals surface area contributed by atoms with Crippen LogP contribution in [0.1, 0.15) is 23.0 Å². The van der Waals surface area contributed by atoms with E-state index in [2.05, 4.69) is 21.6 Å². The van der Waals surface area contributed by atoms with Crippen LogP contribution in [0.5, 0.6) is 0 Å². The van der Waals surface area contributed by atoms with Gasteiger partial charge >= 0.3 is 5.97 Å².